The Morgan fingerprint density at radius 2 is 1.88 bits per heavy atom. The van der Waals surface area contributed by atoms with Crippen LogP contribution in [0.5, 0.6) is 5.75 Å². The van der Waals surface area contributed by atoms with E-state index in [1.807, 2.05) is 12.2 Å². The molecule has 3 amide bonds. The third-order valence-corrected chi connectivity index (χ3v) is 6.82. The van der Waals surface area contributed by atoms with Crippen LogP contribution in [0.3, 0.4) is 0 Å². The molecule has 2 aliphatic heterocycles. The molecule has 2 fully saturated rings. The molecule has 2 aromatic rings. The second-order valence-corrected chi connectivity index (χ2v) is 10.2. The number of benzene rings is 1. The first-order chi connectivity index (χ1) is 19.9. The van der Waals surface area contributed by atoms with E-state index in [0.29, 0.717) is 24.9 Å². The molecule has 0 unspecified atom stereocenters. The third-order valence-electron chi connectivity index (χ3n) is 6.82. The quantitative estimate of drug-likeness (QED) is 0.446. The van der Waals surface area contributed by atoms with Crippen LogP contribution < -0.4 is 15.4 Å². The predicted octanol–water partition coefficient (Wildman–Crippen LogP) is 3.22. The number of carbonyl (C=O) groups excluding carboxylic acids is 4. The predicted molar refractivity (Wildman–Crippen MR) is 140 cm³/mol. The SMILES string of the molecule is Cc1ccc([C@@H](Oc2ccc(C(=O)N[C@H]3CCCN(C(=O)O[C@@H]4COC(=O)C4)C3)nc2)[C@H](C)NC(=O)C(F)(F)F)cc1. The number of aromatic nitrogens is 1. The van der Waals surface area contributed by atoms with E-state index < -0.39 is 48.3 Å². The van der Waals surface area contributed by atoms with Gasteiger partial charge in [0, 0.05) is 19.1 Å². The molecular weight excluding hydrogens is 561 g/mol. The molecule has 0 aliphatic carbocycles. The van der Waals surface area contributed by atoms with Gasteiger partial charge in [-0.2, -0.15) is 13.2 Å². The second kappa shape index (κ2) is 13.1. The molecule has 2 N–H and O–H groups in total. The van der Waals surface area contributed by atoms with E-state index in [9.17, 15) is 32.3 Å². The first-order valence-electron chi connectivity index (χ1n) is 13.4. The molecule has 42 heavy (non-hydrogen) atoms. The van der Waals surface area contributed by atoms with Crippen LogP contribution in [0.1, 0.15) is 53.9 Å². The maximum atomic E-state index is 12.9. The van der Waals surface area contributed by atoms with Crippen molar-refractivity contribution in [2.24, 2.45) is 0 Å². The standard InChI is InChI=1S/C28H31F3N4O7/c1-16-5-7-18(8-6-16)24(17(2)33-26(38)28(29,30)31)41-20-9-10-22(32-13-20)25(37)34-19-4-3-11-35(14-19)27(39)42-21-12-23(36)40-15-21/h5-10,13,17,19,21,24H,3-4,11-12,14-15H2,1-2H3,(H,33,38)(H,34,37)/t17-,19-,21-,24-/m0/s1. The molecule has 4 atom stereocenters. The van der Waals surface area contributed by atoms with Crippen molar-refractivity contribution >= 4 is 23.9 Å². The summed E-state index contributed by atoms with van der Waals surface area (Å²) in [5, 5.41) is 4.77. The van der Waals surface area contributed by atoms with Crippen LogP contribution in [0, 0.1) is 6.92 Å². The van der Waals surface area contributed by atoms with Crippen LogP contribution in [0.25, 0.3) is 0 Å². The van der Waals surface area contributed by atoms with Crippen LogP contribution >= 0.6 is 0 Å². The third kappa shape index (κ3) is 8.10. The van der Waals surface area contributed by atoms with Gasteiger partial charge in [-0.25, -0.2) is 9.78 Å². The van der Waals surface area contributed by atoms with E-state index >= 15 is 0 Å². The van der Waals surface area contributed by atoms with Crippen LogP contribution in [0.15, 0.2) is 42.6 Å². The molecule has 11 nitrogen and oxygen atoms in total. The normalized spacial score (nSPS) is 20.2. The molecule has 3 heterocycles. The van der Waals surface area contributed by atoms with Gasteiger partial charge in [-0.15, -0.1) is 0 Å². The molecular formula is C28H31F3N4O7. The fourth-order valence-corrected chi connectivity index (χ4v) is 4.61. The summed E-state index contributed by atoms with van der Waals surface area (Å²) in [7, 11) is 0. The number of carbonyl (C=O) groups is 4. The van der Waals surface area contributed by atoms with Crippen molar-refractivity contribution in [1.82, 2.24) is 20.5 Å². The number of amides is 3. The Hall–Kier alpha value is -4.36. The minimum atomic E-state index is -5.05. The fourth-order valence-electron chi connectivity index (χ4n) is 4.61. The summed E-state index contributed by atoms with van der Waals surface area (Å²) >= 11 is 0. The Balaban J connectivity index is 1.36. The molecule has 226 valence electrons. The van der Waals surface area contributed by atoms with Gasteiger partial charge in [0.15, 0.2) is 0 Å². The molecule has 14 heteroatoms. The van der Waals surface area contributed by atoms with Gasteiger partial charge in [0.05, 0.1) is 18.7 Å². The number of likely N-dealkylation sites (tertiary alicyclic amines) is 1. The van der Waals surface area contributed by atoms with Crippen molar-refractivity contribution in [1.29, 1.82) is 0 Å². The molecule has 2 saturated heterocycles. The summed E-state index contributed by atoms with van der Waals surface area (Å²) in [6.45, 7) is 3.94. The fraction of sp³-hybridized carbons (Fsp3) is 0.464. The largest absolute Gasteiger partial charge is 0.482 e. The Morgan fingerprint density at radius 1 is 1.14 bits per heavy atom. The van der Waals surface area contributed by atoms with E-state index in [2.05, 4.69) is 10.3 Å². The number of alkyl halides is 3. The highest BCUT2D eigenvalue weighted by molar-refractivity contribution is 5.92. The van der Waals surface area contributed by atoms with E-state index in [1.54, 1.807) is 24.3 Å². The van der Waals surface area contributed by atoms with Crippen molar-refractivity contribution in [2.45, 2.75) is 63.6 Å². The lowest BCUT2D eigenvalue weighted by Gasteiger charge is -2.32. The first kappa shape index (κ1) is 30.6. The van der Waals surface area contributed by atoms with Gasteiger partial charge in [0.1, 0.15) is 30.3 Å². The summed E-state index contributed by atoms with van der Waals surface area (Å²) in [5.74, 6) is -2.82. The van der Waals surface area contributed by atoms with E-state index in [-0.39, 0.29) is 37.1 Å². The lowest BCUT2D eigenvalue weighted by atomic mass is 10.0. The van der Waals surface area contributed by atoms with Gasteiger partial charge in [-0.1, -0.05) is 29.8 Å². The highest BCUT2D eigenvalue weighted by Gasteiger charge is 2.40. The summed E-state index contributed by atoms with van der Waals surface area (Å²) < 4.78 is 54.6. The molecule has 1 aromatic carbocycles. The number of esters is 1. The average molecular weight is 593 g/mol. The number of hydrogen-bond acceptors (Lipinski definition) is 8. The van der Waals surface area contributed by atoms with Crippen LogP contribution in [-0.2, 0) is 19.1 Å². The summed E-state index contributed by atoms with van der Waals surface area (Å²) in [5.41, 5.74) is 1.53. The highest BCUT2D eigenvalue weighted by Crippen LogP contribution is 2.26. The van der Waals surface area contributed by atoms with Crippen LogP contribution in [-0.4, -0.2) is 77.8 Å². The monoisotopic (exact) mass is 592 g/mol. The lowest BCUT2D eigenvalue weighted by molar-refractivity contribution is -0.174. The number of cyclic esters (lactones) is 1. The topological polar surface area (TPSA) is 136 Å². The van der Waals surface area contributed by atoms with Crippen LogP contribution in [0.2, 0.25) is 0 Å². The Kier molecular flexibility index (Phi) is 9.53. The molecule has 4 rings (SSSR count). The number of piperidine rings is 1. The number of nitrogens with zero attached hydrogens (tertiary/aromatic N) is 2. The Bertz CT molecular complexity index is 1290. The van der Waals surface area contributed by atoms with Gasteiger partial charge in [-0.3, -0.25) is 14.4 Å². The minimum absolute atomic E-state index is 0.0119. The Labute approximate surface area is 239 Å². The molecule has 2 aliphatic rings. The average Bonchev–Trinajstić information content (AvgIpc) is 3.36. The number of nitrogens with one attached hydrogen (secondary N) is 2. The molecule has 0 radical (unpaired) electrons. The van der Waals surface area contributed by atoms with Crippen molar-refractivity contribution in [3.05, 3.63) is 59.4 Å². The smallest absolute Gasteiger partial charge is 0.471 e. The second-order valence-electron chi connectivity index (χ2n) is 10.2. The molecule has 0 saturated carbocycles. The first-order valence-corrected chi connectivity index (χ1v) is 13.4. The van der Waals surface area contributed by atoms with Crippen molar-refractivity contribution in [3.8, 4) is 5.75 Å². The van der Waals surface area contributed by atoms with Crippen molar-refractivity contribution < 1.29 is 46.6 Å². The number of rotatable bonds is 8. The number of hydrogen-bond donors (Lipinski definition) is 2. The Morgan fingerprint density at radius 3 is 2.50 bits per heavy atom. The zero-order chi connectivity index (χ0) is 30.4. The summed E-state index contributed by atoms with van der Waals surface area (Å²) in [6.07, 6.45) is -4.71. The van der Waals surface area contributed by atoms with Gasteiger partial charge >= 0.3 is 24.1 Å². The number of pyridine rings is 1. The maximum absolute atomic E-state index is 12.9. The lowest BCUT2D eigenvalue weighted by Crippen LogP contribution is -2.50. The number of ether oxygens (including phenoxy) is 3. The minimum Gasteiger partial charge on any atom is -0.482 e. The maximum Gasteiger partial charge on any atom is 0.471 e. The van der Waals surface area contributed by atoms with Gasteiger partial charge < -0.3 is 29.7 Å². The van der Waals surface area contributed by atoms with Crippen molar-refractivity contribution in [2.75, 3.05) is 19.7 Å². The molecule has 0 spiro atoms. The summed E-state index contributed by atoms with van der Waals surface area (Å²) in [4.78, 5) is 53.7. The van der Waals surface area contributed by atoms with E-state index in [4.69, 9.17) is 14.2 Å². The molecule has 0 bridgehead atoms. The molecule has 1 aromatic heterocycles. The van der Waals surface area contributed by atoms with Gasteiger partial charge in [-0.05, 0) is 44.4 Å². The van der Waals surface area contributed by atoms with E-state index in [1.165, 1.54) is 30.2 Å². The number of halogens is 3. The summed E-state index contributed by atoms with van der Waals surface area (Å²) in [6, 6.07) is 8.36. The van der Waals surface area contributed by atoms with Crippen molar-refractivity contribution in [3.63, 3.8) is 0 Å². The highest BCUT2D eigenvalue weighted by atomic mass is 19.4. The van der Waals surface area contributed by atoms with Gasteiger partial charge in [0.2, 0.25) is 0 Å². The number of aryl methyl sites for hydroxylation is 1. The van der Waals surface area contributed by atoms with E-state index in [0.717, 1.165) is 5.56 Å². The zero-order valence-electron chi connectivity index (χ0n) is 23.0. The van der Waals surface area contributed by atoms with Gasteiger partial charge in [0.25, 0.3) is 5.91 Å². The zero-order valence-corrected chi connectivity index (χ0v) is 23.0. The van der Waals surface area contributed by atoms with Crippen LogP contribution in [0.4, 0.5) is 18.0 Å².